The minimum Gasteiger partial charge on any atom is -0.493 e. The van der Waals surface area contributed by atoms with Gasteiger partial charge in [-0.15, -0.1) is 5.10 Å². The first kappa shape index (κ1) is 25.0. The molecule has 182 valence electrons. The monoisotopic (exact) mass is 509 g/mol. The summed E-state index contributed by atoms with van der Waals surface area (Å²) in [6, 6.07) is 22.0. The maximum atomic E-state index is 6.53. The maximum Gasteiger partial charge on any atom is 0.214 e. The molecule has 1 aromatic heterocycles. The van der Waals surface area contributed by atoms with Gasteiger partial charge in [-0.05, 0) is 65.7 Å². The average molecular weight is 510 g/mol. The number of aromatic nitrogens is 4. The first-order valence-electron chi connectivity index (χ1n) is 11.4. The summed E-state index contributed by atoms with van der Waals surface area (Å²) in [5.41, 5.74) is 4.29. The average Bonchev–Trinajstić information content (AvgIpc) is 3.35. The molecule has 0 aliphatic carbocycles. The van der Waals surface area contributed by atoms with Gasteiger partial charge < -0.3 is 14.8 Å². The molecule has 0 spiro atoms. The summed E-state index contributed by atoms with van der Waals surface area (Å²) >= 11 is 8.17. The van der Waals surface area contributed by atoms with Crippen molar-refractivity contribution in [3.63, 3.8) is 0 Å². The molecule has 3 aromatic carbocycles. The number of tetrazole rings is 1. The summed E-state index contributed by atoms with van der Waals surface area (Å²) in [5, 5.41) is 16.8. The minimum atomic E-state index is 0.430. The lowest BCUT2D eigenvalue weighted by atomic mass is 10.1. The highest BCUT2D eigenvalue weighted by Gasteiger charge is 2.13. The molecule has 1 N–H and O–H groups in total. The third-order valence-corrected chi connectivity index (χ3v) is 6.58. The molecule has 35 heavy (non-hydrogen) atoms. The van der Waals surface area contributed by atoms with E-state index in [-0.39, 0.29) is 0 Å². The van der Waals surface area contributed by atoms with Crippen molar-refractivity contribution < 1.29 is 9.47 Å². The van der Waals surface area contributed by atoms with Crippen LogP contribution in [0.2, 0.25) is 5.02 Å². The molecule has 0 unspecified atom stereocenters. The van der Waals surface area contributed by atoms with Gasteiger partial charge in [-0.3, -0.25) is 0 Å². The van der Waals surface area contributed by atoms with Crippen LogP contribution in [0.1, 0.15) is 23.1 Å². The van der Waals surface area contributed by atoms with E-state index in [9.17, 15) is 0 Å². The number of ether oxygens (including phenoxy) is 2. The highest BCUT2D eigenvalue weighted by molar-refractivity contribution is 7.99. The Labute approximate surface area is 214 Å². The Bertz CT molecular complexity index is 1220. The van der Waals surface area contributed by atoms with E-state index < -0.39 is 0 Å². The second-order valence-corrected chi connectivity index (χ2v) is 9.44. The number of para-hydroxylation sites is 1. The standard InChI is InChI=1S/C26H28ClN5O2S/c1-19-9-11-20(12-10-19)18-34-25-23(27)15-21(16-24(25)33-2)17-28-13-6-14-35-26-29-30-31-32(26)22-7-4-3-5-8-22/h3-5,7-12,15-16,28H,6,13-14,17-18H2,1-2H3. The molecule has 4 aromatic rings. The van der Waals surface area contributed by atoms with Crippen LogP contribution in [0, 0.1) is 6.92 Å². The molecule has 0 bridgehead atoms. The van der Waals surface area contributed by atoms with E-state index in [0.29, 0.717) is 29.7 Å². The molecule has 0 aliphatic rings. The van der Waals surface area contributed by atoms with Crippen molar-refractivity contribution in [2.75, 3.05) is 19.4 Å². The van der Waals surface area contributed by atoms with Gasteiger partial charge in [-0.25, -0.2) is 0 Å². The largest absolute Gasteiger partial charge is 0.493 e. The SMILES string of the molecule is COc1cc(CNCCCSc2nnnn2-c2ccccc2)cc(Cl)c1OCc1ccc(C)cc1. The summed E-state index contributed by atoms with van der Waals surface area (Å²) < 4.78 is 13.3. The van der Waals surface area contributed by atoms with Gasteiger partial charge in [0.05, 0.1) is 17.8 Å². The molecule has 0 fully saturated rings. The van der Waals surface area contributed by atoms with E-state index in [1.165, 1.54) is 5.56 Å². The van der Waals surface area contributed by atoms with Crippen LogP contribution < -0.4 is 14.8 Å². The van der Waals surface area contributed by atoms with Crippen LogP contribution in [0.5, 0.6) is 11.5 Å². The van der Waals surface area contributed by atoms with Gasteiger partial charge in [0.15, 0.2) is 11.5 Å². The maximum absolute atomic E-state index is 6.53. The number of halogens is 1. The van der Waals surface area contributed by atoms with E-state index in [0.717, 1.165) is 40.7 Å². The molecular weight excluding hydrogens is 482 g/mol. The van der Waals surface area contributed by atoms with Gasteiger partial charge in [-0.2, -0.15) is 4.68 Å². The van der Waals surface area contributed by atoms with Gasteiger partial charge in [0, 0.05) is 12.3 Å². The number of nitrogens with zero attached hydrogens (tertiary/aromatic N) is 4. The molecule has 0 saturated heterocycles. The topological polar surface area (TPSA) is 74.1 Å². The second-order valence-electron chi connectivity index (χ2n) is 7.97. The molecular formula is C26H28ClN5O2S. The fourth-order valence-corrected chi connectivity index (χ4v) is 4.57. The van der Waals surface area contributed by atoms with Crippen LogP contribution in [0.25, 0.3) is 5.69 Å². The fraction of sp³-hybridized carbons (Fsp3) is 0.269. The third-order valence-electron chi connectivity index (χ3n) is 5.29. The molecule has 0 saturated carbocycles. The summed E-state index contributed by atoms with van der Waals surface area (Å²) in [6.45, 7) is 4.03. The normalized spacial score (nSPS) is 10.9. The zero-order valence-corrected chi connectivity index (χ0v) is 21.4. The zero-order valence-electron chi connectivity index (χ0n) is 19.8. The Balaban J connectivity index is 1.24. The highest BCUT2D eigenvalue weighted by Crippen LogP contribution is 2.37. The molecule has 0 radical (unpaired) electrons. The number of aryl methyl sites for hydroxylation is 1. The van der Waals surface area contributed by atoms with Crippen LogP contribution in [0.3, 0.4) is 0 Å². The zero-order chi connectivity index (χ0) is 24.5. The van der Waals surface area contributed by atoms with Crippen molar-refractivity contribution in [1.29, 1.82) is 0 Å². The van der Waals surface area contributed by atoms with Gasteiger partial charge >= 0.3 is 0 Å². The second kappa shape index (κ2) is 12.6. The predicted octanol–water partition coefficient (Wildman–Crippen LogP) is 5.48. The first-order chi connectivity index (χ1) is 17.1. The molecule has 0 amide bonds. The number of hydrogen-bond acceptors (Lipinski definition) is 7. The van der Waals surface area contributed by atoms with Crippen molar-refractivity contribution in [2.45, 2.75) is 31.7 Å². The van der Waals surface area contributed by atoms with Crippen molar-refractivity contribution >= 4 is 23.4 Å². The van der Waals surface area contributed by atoms with Crippen LogP contribution in [-0.2, 0) is 13.2 Å². The van der Waals surface area contributed by atoms with E-state index in [1.54, 1.807) is 23.6 Å². The van der Waals surface area contributed by atoms with Crippen molar-refractivity contribution in [2.24, 2.45) is 0 Å². The van der Waals surface area contributed by atoms with E-state index in [4.69, 9.17) is 21.1 Å². The van der Waals surface area contributed by atoms with Crippen LogP contribution in [0.4, 0.5) is 0 Å². The smallest absolute Gasteiger partial charge is 0.214 e. The lowest BCUT2D eigenvalue weighted by molar-refractivity contribution is 0.284. The van der Waals surface area contributed by atoms with Gasteiger partial charge in [-0.1, -0.05) is 71.4 Å². The van der Waals surface area contributed by atoms with Crippen molar-refractivity contribution in [3.8, 4) is 17.2 Å². The molecule has 7 nitrogen and oxygen atoms in total. The van der Waals surface area contributed by atoms with Gasteiger partial charge in [0.2, 0.25) is 5.16 Å². The number of benzene rings is 3. The van der Waals surface area contributed by atoms with Crippen LogP contribution in [-0.4, -0.2) is 39.6 Å². The number of nitrogens with one attached hydrogen (secondary N) is 1. The van der Waals surface area contributed by atoms with Gasteiger partial charge in [0.1, 0.15) is 6.61 Å². The number of rotatable bonds is 12. The third kappa shape index (κ3) is 6.97. The summed E-state index contributed by atoms with van der Waals surface area (Å²) in [4.78, 5) is 0. The Morgan fingerprint density at radius 1 is 1.03 bits per heavy atom. The van der Waals surface area contributed by atoms with E-state index in [1.807, 2.05) is 54.6 Å². The first-order valence-corrected chi connectivity index (χ1v) is 12.7. The summed E-state index contributed by atoms with van der Waals surface area (Å²) in [7, 11) is 1.63. The van der Waals surface area contributed by atoms with E-state index >= 15 is 0 Å². The summed E-state index contributed by atoms with van der Waals surface area (Å²) in [6.07, 6.45) is 0.967. The van der Waals surface area contributed by atoms with Crippen LogP contribution in [0.15, 0.2) is 71.9 Å². The molecule has 9 heteroatoms. The Morgan fingerprint density at radius 3 is 2.60 bits per heavy atom. The number of methoxy groups -OCH3 is 1. The number of thioether (sulfide) groups is 1. The Morgan fingerprint density at radius 2 is 1.83 bits per heavy atom. The Kier molecular flexibility index (Phi) is 9.00. The molecule has 0 aliphatic heterocycles. The highest BCUT2D eigenvalue weighted by atomic mass is 35.5. The summed E-state index contributed by atoms with van der Waals surface area (Å²) in [5.74, 6) is 2.09. The fourth-order valence-electron chi connectivity index (χ4n) is 3.45. The molecule has 1 heterocycles. The van der Waals surface area contributed by atoms with Gasteiger partial charge in [0.25, 0.3) is 0 Å². The lowest BCUT2D eigenvalue weighted by Gasteiger charge is -2.15. The minimum absolute atomic E-state index is 0.430. The quantitative estimate of drug-likeness (QED) is 0.200. The van der Waals surface area contributed by atoms with Crippen LogP contribution >= 0.6 is 23.4 Å². The van der Waals surface area contributed by atoms with E-state index in [2.05, 4.69) is 39.9 Å². The predicted molar refractivity (Wildman–Crippen MR) is 140 cm³/mol. The Hall–Kier alpha value is -3.07. The molecule has 4 rings (SSSR count). The lowest BCUT2D eigenvalue weighted by Crippen LogP contribution is -2.15. The number of hydrogen-bond donors (Lipinski definition) is 1. The van der Waals surface area contributed by atoms with Crippen molar-refractivity contribution in [3.05, 3.63) is 88.4 Å². The molecule has 0 atom stereocenters. The van der Waals surface area contributed by atoms with Crippen molar-refractivity contribution in [1.82, 2.24) is 25.5 Å².